The third-order valence-electron chi connectivity index (χ3n) is 7.48. The van der Waals surface area contributed by atoms with Crippen LogP contribution in [0.15, 0.2) is 92.2 Å². The van der Waals surface area contributed by atoms with Gasteiger partial charge in [0.25, 0.3) is 0 Å². The molecule has 0 unspecified atom stereocenters. The summed E-state index contributed by atoms with van der Waals surface area (Å²) in [5.74, 6) is -10.5. The molecule has 13 heteroatoms. The summed E-state index contributed by atoms with van der Waals surface area (Å²) in [5, 5.41) is 0.597. The van der Waals surface area contributed by atoms with Gasteiger partial charge in [0.1, 0.15) is 22.8 Å². The highest BCUT2D eigenvalue weighted by atomic mass is 19.2. The number of aromatic amines is 1. The van der Waals surface area contributed by atoms with Crippen molar-refractivity contribution in [3.05, 3.63) is 135 Å². The summed E-state index contributed by atoms with van der Waals surface area (Å²) in [5.41, 5.74) is 0.927. The maximum absolute atomic E-state index is 14.6. The number of H-pyrrole nitrogens is 1. The molecule has 6 rings (SSSR count). The van der Waals surface area contributed by atoms with Gasteiger partial charge in [0.05, 0.1) is 5.69 Å². The van der Waals surface area contributed by atoms with E-state index in [-0.39, 0.29) is 52.1 Å². The van der Waals surface area contributed by atoms with Crippen LogP contribution in [0.2, 0.25) is 0 Å². The van der Waals surface area contributed by atoms with Crippen molar-refractivity contribution >= 4 is 22.6 Å². The minimum Gasteiger partial charge on any atom is -0.453 e. The number of nitrogens with one attached hydrogen (secondary N) is 1. The summed E-state index contributed by atoms with van der Waals surface area (Å²) in [7, 11) is 0. The number of ether oxygens (including phenoxy) is 3. The van der Waals surface area contributed by atoms with Gasteiger partial charge in [-0.25, -0.2) is 31.7 Å². The van der Waals surface area contributed by atoms with Gasteiger partial charge in [-0.2, -0.15) is 4.39 Å². The van der Waals surface area contributed by atoms with E-state index in [1.165, 1.54) is 24.3 Å². The smallest absolute Gasteiger partial charge is 0.336 e. The van der Waals surface area contributed by atoms with Crippen LogP contribution in [0.1, 0.15) is 44.9 Å². The topological polar surface area (TPSA) is 86.0 Å². The number of rotatable bonds is 8. The summed E-state index contributed by atoms with van der Waals surface area (Å²) < 4.78 is 108. The maximum atomic E-state index is 14.6. The SMILES string of the molecule is CC(C)C1=CC(Oc2c(F)ccc(F)c2F)=N/C1=C(/Oc1ccc2ccc(=O)oc2c1)c1[nH]c(Oc2c(F)cc(F)cc2F)cc1C(C)C. The van der Waals surface area contributed by atoms with Crippen LogP contribution in [-0.4, -0.2) is 10.9 Å². The molecule has 0 saturated heterocycles. The molecule has 0 amide bonds. The summed E-state index contributed by atoms with van der Waals surface area (Å²) in [6.45, 7) is 7.26. The zero-order valence-electron chi connectivity index (χ0n) is 26.3. The lowest BCUT2D eigenvalue weighted by Gasteiger charge is -2.17. The first-order valence-electron chi connectivity index (χ1n) is 14.9. The van der Waals surface area contributed by atoms with Gasteiger partial charge in [-0.05, 0) is 53.3 Å². The minimum absolute atomic E-state index is 0.00923. The second kappa shape index (κ2) is 13.1. The fourth-order valence-electron chi connectivity index (χ4n) is 5.11. The van der Waals surface area contributed by atoms with Crippen LogP contribution in [0, 0.1) is 40.8 Å². The molecule has 3 aromatic carbocycles. The first-order chi connectivity index (χ1) is 23.3. The average Bonchev–Trinajstić information content (AvgIpc) is 3.66. The van der Waals surface area contributed by atoms with Crippen molar-refractivity contribution in [1.29, 1.82) is 0 Å². The molecule has 2 aromatic heterocycles. The summed E-state index contributed by atoms with van der Waals surface area (Å²) >= 11 is 0. The molecule has 0 spiro atoms. The molecule has 0 saturated carbocycles. The lowest BCUT2D eigenvalue weighted by atomic mass is 9.97. The molecule has 1 N–H and O–H groups in total. The Morgan fingerprint density at radius 1 is 0.776 bits per heavy atom. The van der Waals surface area contributed by atoms with E-state index in [1.54, 1.807) is 18.2 Å². The Hall–Kier alpha value is -5.72. The molecule has 0 fully saturated rings. The Kier molecular flexibility index (Phi) is 8.84. The molecular weight excluding hydrogens is 654 g/mol. The van der Waals surface area contributed by atoms with E-state index in [9.17, 15) is 31.1 Å². The standard InChI is InChI=1S/C36H26F6N2O5/c1-16(2)21-14-28(48-34-25(40)11-19(37)12-26(34)41)43-32(21)36(46-20-7-5-18-6-10-30(45)47-27(18)13-20)33-22(17(3)4)15-29(44-33)49-35-24(39)9-8-23(38)31(35)42/h5-17,43H,1-4H3/b36-33+. The Balaban J connectivity index is 1.54. The highest BCUT2D eigenvalue weighted by molar-refractivity contribution is 5.97. The number of allylic oxidation sites excluding steroid dienone is 1. The number of aromatic nitrogens is 1. The molecule has 252 valence electrons. The van der Waals surface area contributed by atoms with Gasteiger partial charge in [0.2, 0.25) is 23.2 Å². The number of hydrogen-bond acceptors (Lipinski definition) is 6. The third kappa shape index (κ3) is 6.69. The second-order valence-corrected chi connectivity index (χ2v) is 11.6. The molecule has 0 bridgehead atoms. The lowest BCUT2D eigenvalue weighted by molar-refractivity contribution is 0.391. The Labute approximate surface area is 274 Å². The molecule has 0 aliphatic carbocycles. The lowest BCUT2D eigenvalue weighted by Crippen LogP contribution is -2.07. The Morgan fingerprint density at radius 3 is 2.16 bits per heavy atom. The molecule has 1 aliphatic rings. The molecule has 49 heavy (non-hydrogen) atoms. The van der Waals surface area contributed by atoms with Crippen molar-refractivity contribution in [1.82, 2.24) is 4.98 Å². The van der Waals surface area contributed by atoms with Crippen molar-refractivity contribution in [2.24, 2.45) is 10.9 Å². The highest BCUT2D eigenvalue weighted by Gasteiger charge is 2.30. The largest absolute Gasteiger partial charge is 0.453 e. The van der Waals surface area contributed by atoms with Gasteiger partial charge >= 0.3 is 5.63 Å². The first-order valence-corrected chi connectivity index (χ1v) is 14.9. The number of benzene rings is 3. The molecule has 0 atom stereocenters. The molecule has 0 radical (unpaired) electrons. The van der Waals surface area contributed by atoms with Crippen LogP contribution in [0.4, 0.5) is 26.3 Å². The zero-order chi connectivity index (χ0) is 35.1. The fourth-order valence-corrected chi connectivity index (χ4v) is 5.11. The normalized spacial score (nSPS) is 14.0. The average molecular weight is 681 g/mol. The van der Waals surface area contributed by atoms with Crippen LogP contribution in [0.25, 0.3) is 16.7 Å². The fraction of sp³-hybridized carbons (Fsp3) is 0.167. The van der Waals surface area contributed by atoms with E-state index in [2.05, 4.69) is 9.98 Å². The van der Waals surface area contributed by atoms with Crippen molar-refractivity contribution < 1.29 is 45.0 Å². The van der Waals surface area contributed by atoms with Crippen LogP contribution in [-0.2, 0) is 0 Å². The number of hydrogen-bond donors (Lipinski definition) is 1. The van der Waals surface area contributed by atoms with Crippen LogP contribution < -0.4 is 19.8 Å². The summed E-state index contributed by atoms with van der Waals surface area (Å²) in [6, 6.07) is 11.3. The Bertz CT molecular complexity index is 2250. The van der Waals surface area contributed by atoms with Crippen LogP contribution >= 0.6 is 0 Å². The van der Waals surface area contributed by atoms with E-state index in [4.69, 9.17) is 18.6 Å². The van der Waals surface area contributed by atoms with Crippen LogP contribution in [0.5, 0.6) is 23.1 Å². The van der Waals surface area contributed by atoms with Gasteiger partial charge < -0.3 is 23.6 Å². The van der Waals surface area contributed by atoms with Crippen molar-refractivity contribution in [2.45, 2.75) is 33.6 Å². The number of nitrogens with zero attached hydrogens (tertiary/aromatic N) is 1. The van der Waals surface area contributed by atoms with Crippen molar-refractivity contribution in [3.63, 3.8) is 0 Å². The highest BCUT2D eigenvalue weighted by Crippen LogP contribution is 2.40. The number of halogens is 6. The van der Waals surface area contributed by atoms with Gasteiger partial charge in [-0.3, -0.25) is 0 Å². The quantitative estimate of drug-likeness (QED) is 0.0764. The van der Waals surface area contributed by atoms with Crippen molar-refractivity contribution in [2.75, 3.05) is 0 Å². The summed E-state index contributed by atoms with van der Waals surface area (Å²) in [6.07, 6.45) is 1.41. The van der Waals surface area contributed by atoms with E-state index in [1.807, 2.05) is 27.7 Å². The second-order valence-electron chi connectivity index (χ2n) is 11.6. The molecule has 1 aliphatic heterocycles. The summed E-state index contributed by atoms with van der Waals surface area (Å²) in [4.78, 5) is 19.4. The van der Waals surface area contributed by atoms with Gasteiger partial charge in [0.15, 0.2) is 34.9 Å². The van der Waals surface area contributed by atoms with Gasteiger partial charge in [-0.1, -0.05) is 27.7 Å². The zero-order valence-corrected chi connectivity index (χ0v) is 26.3. The molecule has 5 aromatic rings. The van der Waals surface area contributed by atoms with Crippen LogP contribution in [0.3, 0.4) is 0 Å². The number of fused-ring (bicyclic) bond motifs is 1. The van der Waals surface area contributed by atoms with E-state index in [0.717, 1.165) is 0 Å². The monoisotopic (exact) mass is 680 g/mol. The van der Waals surface area contributed by atoms with E-state index >= 15 is 0 Å². The predicted molar refractivity (Wildman–Crippen MR) is 169 cm³/mol. The third-order valence-corrected chi connectivity index (χ3v) is 7.48. The van der Waals surface area contributed by atoms with E-state index in [0.29, 0.717) is 40.8 Å². The van der Waals surface area contributed by atoms with Gasteiger partial charge in [-0.15, -0.1) is 0 Å². The predicted octanol–water partition coefficient (Wildman–Crippen LogP) is 9.69. The molecular formula is C36H26F6N2O5. The molecule has 7 nitrogen and oxygen atoms in total. The number of aliphatic imine (C=N–C) groups is 1. The minimum atomic E-state index is -1.55. The van der Waals surface area contributed by atoms with E-state index < -0.39 is 52.0 Å². The van der Waals surface area contributed by atoms with Crippen molar-refractivity contribution in [3.8, 4) is 23.1 Å². The molecule has 3 heterocycles. The van der Waals surface area contributed by atoms with Gasteiger partial charge in [0, 0.05) is 41.8 Å². The maximum Gasteiger partial charge on any atom is 0.336 e. The first kappa shape index (κ1) is 33.2. The Morgan fingerprint density at radius 2 is 1.47 bits per heavy atom.